The normalized spacial score (nSPS) is 15.4. The third-order valence-corrected chi connectivity index (χ3v) is 3.14. The predicted molar refractivity (Wildman–Crippen MR) is 75.5 cm³/mol. The molecule has 90 valence electrons. The van der Waals surface area contributed by atoms with Crippen molar-refractivity contribution in [3.05, 3.63) is 49.2 Å². The molecule has 0 aliphatic carbocycles. The smallest absolute Gasteiger partial charge is 0.0385 e. The first-order valence-electron chi connectivity index (χ1n) is 6.23. The largest absolute Gasteiger partial charge is 0.372 e. The van der Waals surface area contributed by atoms with E-state index < -0.39 is 0 Å². The van der Waals surface area contributed by atoms with Crippen LogP contribution < -0.4 is 10.2 Å². The second kappa shape index (κ2) is 5.58. The standard InChI is InChI=1S/C15H20N2/c1-3-13(2)16-14-7-9-15(10-8-14)17-11-5-4-6-12-17/h3,7-10,16H,1-2,4-6,11-12H2. The molecule has 0 atom stereocenters. The van der Waals surface area contributed by atoms with E-state index in [0.717, 1.165) is 11.4 Å². The SMILES string of the molecule is C=CC(=C)Nc1ccc(N2CCCCC2)cc1. The fraction of sp³-hybridized carbons (Fsp3) is 0.333. The Morgan fingerprint density at radius 3 is 2.35 bits per heavy atom. The van der Waals surface area contributed by atoms with Gasteiger partial charge >= 0.3 is 0 Å². The molecule has 1 aromatic carbocycles. The maximum Gasteiger partial charge on any atom is 0.0385 e. The van der Waals surface area contributed by atoms with E-state index in [9.17, 15) is 0 Å². The van der Waals surface area contributed by atoms with E-state index in [1.807, 2.05) is 0 Å². The number of nitrogens with zero attached hydrogens (tertiary/aromatic N) is 1. The first-order chi connectivity index (χ1) is 8.29. The van der Waals surface area contributed by atoms with Crippen LogP contribution >= 0.6 is 0 Å². The minimum Gasteiger partial charge on any atom is -0.372 e. The summed E-state index contributed by atoms with van der Waals surface area (Å²) in [6, 6.07) is 8.53. The van der Waals surface area contributed by atoms with Crippen LogP contribution in [0.25, 0.3) is 0 Å². The molecule has 17 heavy (non-hydrogen) atoms. The van der Waals surface area contributed by atoms with Gasteiger partial charge in [-0.15, -0.1) is 0 Å². The lowest BCUT2D eigenvalue weighted by atomic mass is 10.1. The molecular formula is C15H20N2. The van der Waals surface area contributed by atoms with Gasteiger partial charge < -0.3 is 10.2 Å². The lowest BCUT2D eigenvalue weighted by Crippen LogP contribution is -2.29. The van der Waals surface area contributed by atoms with E-state index in [0.29, 0.717) is 0 Å². The highest BCUT2D eigenvalue weighted by Crippen LogP contribution is 2.22. The van der Waals surface area contributed by atoms with Crippen molar-refractivity contribution in [1.82, 2.24) is 0 Å². The van der Waals surface area contributed by atoms with Crippen LogP contribution in [-0.2, 0) is 0 Å². The fourth-order valence-corrected chi connectivity index (χ4v) is 2.14. The Morgan fingerprint density at radius 2 is 1.76 bits per heavy atom. The first kappa shape index (κ1) is 11.8. The van der Waals surface area contributed by atoms with Gasteiger partial charge in [0, 0.05) is 30.2 Å². The predicted octanol–water partition coefficient (Wildman–Crippen LogP) is 3.79. The summed E-state index contributed by atoms with van der Waals surface area (Å²) >= 11 is 0. The number of hydrogen-bond donors (Lipinski definition) is 1. The number of hydrogen-bond acceptors (Lipinski definition) is 2. The van der Waals surface area contributed by atoms with Crippen LogP contribution in [-0.4, -0.2) is 13.1 Å². The molecule has 0 aromatic heterocycles. The first-order valence-corrected chi connectivity index (χ1v) is 6.23. The van der Waals surface area contributed by atoms with Crippen LogP contribution in [0.2, 0.25) is 0 Å². The van der Waals surface area contributed by atoms with E-state index in [1.165, 1.54) is 38.0 Å². The second-order valence-corrected chi connectivity index (χ2v) is 4.45. The van der Waals surface area contributed by atoms with Crippen LogP contribution in [0.3, 0.4) is 0 Å². The van der Waals surface area contributed by atoms with E-state index in [2.05, 4.69) is 47.6 Å². The molecule has 0 unspecified atom stereocenters. The highest BCUT2D eigenvalue weighted by atomic mass is 15.1. The maximum absolute atomic E-state index is 3.84. The molecule has 0 bridgehead atoms. The van der Waals surface area contributed by atoms with Gasteiger partial charge in [-0.25, -0.2) is 0 Å². The minimum atomic E-state index is 0.829. The van der Waals surface area contributed by atoms with Crippen molar-refractivity contribution in [2.75, 3.05) is 23.3 Å². The summed E-state index contributed by atoms with van der Waals surface area (Å²) in [7, 11) is 0. The molecule has 1 saturated heterocycles. The van der Waals surface area contributed by atoms with Crippen molar-refractivity contribution >= 4 is 11.4 Å². The molecule has 1 aliphatic rings. The zero-order valence-electron chi connectivity index (χ0n) is 10.3. The van der Waals surface area contributed by atoms with E-state index in [-0.39, 0.29) is 0 Å². The van der Waals surface area contributed by atoms with Gasteiger partial charge in [0.05, 0.1) is 0 Å². The Balaban J connectivity index is 2.01. The summed E-state index contributed by atoms with van der Waals surface area (Å²) in [5, 5.41) is 3.19. The molecule has 1 heterocycles. The summed E-state index contributed by atoms with van der Waals surface area (Å²) in [6.07, 6.45) is 5.72. The lowest BCUT2D eigenvalue weighted by Gasteiger charge is -2.28. The van der Waals surface area contributed by atoms with Gasteiger partial charge in [-0.2, -0.15) is 0 Å². The quantitative estimate of drug-likeness (QED) is 0.789. The molecule has 0 amide bonds. The molecule has 0 saturated carbocycles. The molecule has 2 rings (SSSR count). The van der Waals surface area contributed by atoms with Gasteiger partial charge in [-0.05, 0) is 49.6 Å². The minimum absolute atomic E-state index is 0.829. The number of benzene rings is 1. The highest BCUT2D eigenvalue weighted by Gasteiger charge is 2.10. The zero-order valence-corrected chi connectivity index (χ0v) is 10.3. The molecule has 1 aliphatic heterocycles. The Hall–Kier alpha value is -1.70. The van der Waals surface area contributed by atoms with E-state index >= 15 is 0 Å². The molecule has 0 spiro atoms. The van der Waals surface area contributed by atoms with Crippen molar-refractivity contribution < 1.29 is 0 Å². The third kappa shape index (κ3) is 3.13. The summed E-state index contributed by atoms with van der Waals surface area (Å²) in [5.41, 5.74) is 3.21. The van der Waals surface area contributed by atoms with Gasteiger partial charge in [0.1, 0.15) is 0 Å². The average molecular weight is 228 g/mol. The second-order valence-electron chi connectivity index (χ2n) is 4.45. The van der Waals surface area contributed by atoms with Crippen molar-refractivity contribution in [1.29, 1.82) is 0 Å². The maximum atomic E-state index is 3.84. The van der Waals surface area contributed by atoms with Gasteiger partial charge in [-0.1, -0.05) is 13.2 Å². The van der Waals surface area contributed by atoms with Crippen LogP contribution in [0.4, 0.5) is 11.4 Å². The Kier molecular flexibility index (Phi) is 3.86. The zero-order chi connectivity index (χ0) is 12.1. The van der Waals surface area contributed by atoms with Crippen LogP contribution in [0.5, 0.6) is 0 Å². The van der Waals surface area contributed by atoms with Crippen molar-refractivity contribution in [2.45, 2.75) is 19.3 Å². The Labute approximate surface area is 104 Å². The van der Waals surface area contributed by atoms with E-state index in [1.54, 1.807) is 6.08 Å². The number of allylic oxidation sites excluding steroid dienone is 1. The topological polar surface area (TPSA) is 15.3 Å². The van der Waals surface area contributed by atoms with E-state index in [4.69, 9.17) is 0 Å². The summed E-state index contributed by atoms with van der Waals surface area (Å²) in [6.45, 7) is 9.89. The monoisotopic (exact) mass is 228 g/mol. The molecule has 1 aromatic rings. The number of nitrogens with one attached hydrogen (secondary N) is 1. The number of anilines is 2. The molecular weight excluding hydrogens is 208 g/mol. The number of rotatable bonds is 4. The summed E-state index contributed by atoms with van der Waals surface area (Å²) < 4.78 is 0. The van der Waals surface area contributed by atoms with Gasteiger partial charge in [0.15, 0.2) is 0 Å². The third-order valence-electron chi connectivity index (χ3n) is 3.14. The average Bonchev–Trinajstić information content (AvgIpc) is 2.40. The van der Waals surface area contributed by atoms with Crippen molar-refractivity contribution in [2.24, 2.45) is 0 Å². The molecule has 1 N–H and O–H groups in total. The summed E-state index contributed by atoms with van der Waals surface area (Å²) in [5.74, 6) is 0. The van der Waals surface area contributed by atoms with Crippen LogP contribution in [0.15, 0.2) is 49.2 Å². The molecule has 0 radical (unpaired) electrons. The number of piperidine rings is 1. The van der Waals surface area contributed by atoms with Crippen molar-refractivity contribution in [3.8, 4) is 0 Å². The summed E-state index contributed by atoms with van der Waals surface area (Å²) in [4.78, 5) is 2.45. The Bertz CT molecular complexity index is 386. The van der Waals surface area contributed by atoms with Crippen molar-refractivity contribution in [3.63, 3.8) is 0 Å². The van der Waals surface area contributed by atoms with Gasteiger partial charge in [0.25, 0.3) is 0 Å². The molecule has 2 heteroatoms. The Morgan fingerprint density at radius 1 is 1.12 bits per heavy atom. The molecule has 2 nitrogen and oxygen atoms in total. The van der Waals surface area contributed by atoms with Gasteiger partial charge in [0.2, 0.25) is 0 Å². The highest BCUT2D eigenvalue weighted by molar-refractivity contribution is 5.57. The van der Waals surface area contributed by atoms with Gasteiger partial charge in [-0.3, -0.25) is 0 Å². The fourth-order valence-electron chi connectivity index (χ4n) is 2.14. The lowest BCUT2D eigenvalue weighted by molar-refractivity contribution is 0.578. The van der Waals surface area contributed by atoms with Crippen LogP contribution in [0, 0.1) is 0 Å². The molecule has 1 fully saturated rings. The van der Waals surface area contributed by atoms with Crippen LogP contribution in [0.1, 0.15) is 19.3 Å².